The van der Waals surface area contributed by atoms with Crippen molar-refractivity contribution in [2.45, 2.75) is 44.8 Å². The van der Waals surface area contributed by atoms with Gasteiger partial charge >= 0.3 is 6.18 Å². The number of piperazine rings is 1. The predicted octanol–water partition coefficient (Wildman–Crippen LogP) is 3.57. The largest absolute Gasteiger partial charge is 0.417 e. The van der Waals surface area contributed by atoms with E-state index in [4.69, 9.17) is 11.6 Å². The zero-order valence-corrected chi connectivity index (χ0v) is 16.7. The minimum Gasteiger partial charge on any atom is -0.353 e. The summed E-state index contributed by atoms with van der Waals surface area (Å²) < 4.78 is 38.2. The second-order valence-corrected chi connectivity index (χ2v) is 8.13. The molecule has 1 N–H and O–H groups in total. The highest BCUT2D eigenvalue weighted by molar-refractivity contribution is 6.33. The lowest BCUT2D eigenvalue weighted by atomic mass is 9.86. The van der Waals surface area contributed by atoms with Crippen LogP contribution in [0.2, 0.25) is 5.02 Å². The van der Waals surface area contributed by atoms with Gasteiger partial charge in [0.2, 0.25) is 5.91 Å². The molecule has 1 amide bonds. The number of hydrogen-bond acceptors (Lipinski definition) is 4. The van der Waals surface area contributed by atoms with Gasteiger partial charge in [0.25, 0.3) is 0 Å². The normalized spacial score (nSPS) is 24.2. The zero-order chi connectivity index (χ0) is 20.3. The summed E-state index contributed by atoms with van der Waals surface area (Å²) in [6.07, 6.45) is 0.942. The van der Waals surface area contributed by atoms with E-state index >= 15 is 0 Å². The Morgan fingerprint density at radius 3 is 2.54 bits per heavy atom. The standard InChI is InChI=1S/C19H26ClF3N4O/c1-13-4-2-3-5-16(13)25-17(28)12-26-6-8-27(9-7-26)18-15(20)10-14(11-24-18)19(21,22)23/h10-11,13,16H,2-9,12H2,1H3,(H,25,28)/t13-,16+/m0/s1. The molecule has 3 rings (SSSR count). The first-order valence-electron chi connectivity index (χ1n) is 9.73. The van der Waals surface area contributed by atoms with E-state index in [9.17, 15) is 18.0 Å². The molecular formula is C19H26ClF3N4O. The van der Waals surface area contributed by atoms with Crippen molar-refractivity contribution < 1.29 is 18.0 Å². The molecule has 0 bridgehead atoms. The number of anilines is 1. The fourth-order valence-corrected chi connectivity index (χ4v) is 4.21. The third-order valence-electron chi connectivity index (χ3n) is 5.65. The lowest BCUT2D eigenvalue weighted by Gasteiger charge is -2.36. The van der Waals surface area contributed by atoms with Gasteiger partial charge in [-0.25, -0.2) is 4.98 Å². The Hall–Kier alpha value is -1.54. The van der Waals surface area contributed by atoms with E-state index in [1.54, 1.807) is 0 Å². The molecule has 1 aromatic rings. The van der Waals surface area contributed by atoms with Crippen LogP contribution in [0.5, 0.6) is 0 Å². The van der Waals surface area contributed by atoms with Gasteiger partial charge in [0.05, 0.1) is 17.1 Å². The number of rotatable bonds is 4. The van der Waals surface area contributed by atoms with Crippen LogP contribution in [0.25, 0.3) is 0 Å². The molecule has 2 aliphatic rings. The summed E-state index contributed by atoms with van der Waals surface area (Å²) in [6.45, 7) is 4.91. The molecule has 9 heteroatoms. The summed E-state index contributed by atoms with van der Waals surface area (Å²) in [5.41, 5.74) is -0.853. The van der Waals surface area contributed by atoms with Crippen LogP contribution in [0, 0.1) is 5.92 Å². The van der Waals surface area contributed by atoms with E-state index in [0.717, 1.165) is 31.5 Å². The molecule has 5 nitrogen and oxygen atoms in total. The maximum atomic E-state index is 12.7. The van der Waals surface area contributed by atoms with Gasteiger partial charge in [-0.2, -0.15) is 13.2 Å². The minimum absolute atomic E-state index is 0.00713. The Labute approximate surface area is 168 Å². The molecule has 1 aliphatic heterocycles. The number of amides is 1. The van der Waals surface area contributed by atoms with Gasteiger partial charge in [-0.05, 0) is 24.8 Å². The first-order valence-corrected chi connectivity index (χ1v) is 10.1. The highest BCUT2D eigenvalue weighted by Crippen LogP contribution is 2.33. The molecule has 0 radical (unpaired) electrons. The summed E-state index contributed by atoms with van der Waals surface area (Å²) in [5.74, 6) is 0.912. The van der Waals surface area contributed by atoms with Crippen molar-refractivity contribution >= 4 is 23.3 Å². The second-order valence-electron chi connectivity index (χ2n) is 7.73. The van der Waals surface area contributed by atoms with Gasteiger partial charge in [-0.3, -0.25) is 9.69 Å². The highest BCUT2D eigenvalue weighted by Gasteiger charge is 2.32. The molecule has 1 saturated heterocycles. The van der Waals surface area contributed by atoms with Crippen LogP contribution in [0.1, 0.15) is 38.2 Å². The van der Waals surface area contributed by atoms with Crippen molar-refractivity contribution in [2.24, 2.45) is 5.92 Å². The molecule has 2 heterocycles. The first kappa shape index (κ1) is 21.2. The number of halogens is 4. The number of alkyl halides is 3. The van der Waals surface area contributed by atoms with E-state index in [0.29, 0.717) is 44.5 Å². The van der Waals surface area contributed by atoms with Crippen LogP contribution in [-0.4, -0.2) is 54.6 Å². The fourth-order valence-electron chi connectivity index (χ4n) is 3.92. The van der Waals surface area contributed by atoms with Crippen LogP contribution in [0.3, 0.4) is 0 Å². The van der Waals surface area contributed by atoms with Crippen molar-refractivity contribution in [2.75, 3.05) is 37.6 Å². The average Bonchev–Trinajstić information content (AvgIpc) is 2.63. The topological polar surface area (TPSA) is 48.5 Å². The molecule has 0 aromatic carbocycles. The van der Waals surface area contributed by atoms with E-state index in [1.807, 2.05) is 4.90 Å². The average molecular weight is 419 g/mol. The lowest BCUT2D eigenvalue weighted by Crippen LogP contribution is -2.51. The van der Waals surface area contributed by atoms with Gasteiger partial charge in [-0.1, -0.05) is 31.4 Å². The molecule has 2 fully saturated rings. The quantitative estimate of drug-likeness (QED) is 0.812. The number of carbonyl (C=O) groups excluding carboxylic acids is 1. The molecular weight excluding hydrogens is 393 g/mol. The van der Waals surface area contributed by atoms with Gasteiger partial charge in [-0.15, -0.1) is 0 Å². The third kappa shape index (κ3) is 5.29. The molecule has 1 saturated carbocycles. The summed E-state index contributed by atoms with van der Waals surface area (Å²) >= 11 is 6.03. The number of hydrogen-bond donors (Lipinski definition) is 1. The zero-order valence-electron chi connectivity index (χ0n) is 15.9. The van der Waals surface area contributed by atoms with Crippen LogP contribution < -0.4 is 10.2 Å². The van der Waals surface area contributed by atoms with Crippen LogP contribution in [0.4, 0.5) is 19.0 Å². The van der Waals surface area contributed by atoms with E-state index in [2.05, 4.69) is 22.1 Å². The summed E-state index contributed by atoms with van der Waals surface area (Å²) in [6, 6.07) is 1.17. The lowest BCUT2D eigenvalue weighted by molar-refractivity contribution is -0.137. The van der Waals surface area contributed by atoms with Crippen molar-refractivity contribution in [1.29, 1.82) is 0 Å². The van der Waals surface area contributed by atoms with Crippen LogP contribution >= 0.6 is 11.6 Å². The third-order valence-corrected chi connectivity index (χ3v) is 5.92. The molecule has 1 aliphatic carbocycles. The molecule has 156 valence electrons. The number of nitrogens with zero attached hydrogens (tertiary/aromatic N) is 3. The van der Waals surface area contributed by atoms with E-state index < -0.39 is 11.7 Å². The second kappa shape index (κ2) is 8.86. The summed E-state index contributed by atoms with van der Waals surface area (Å²) in [7, 11) is 0. The Kier molecular flexibility index (Phi) is 6.70. The smallest absolute Gasteiger partial charge is 0.353 e. The molecule has 1 aromatic heterocycles. The Morgan fingerprint density at radius 2 is 1.93 bits per heavy atom. The monoisotopic (exact) mass is 418 g/mol. The molecule has 0 unspecified atom stereocenters. The fraction of sp³-hybridized carbons (Fsp3) is 0.684. The van der Waals surface area contributed by atoms with Gasteiger partial charge in [0.1, 0.15) is 5.82 Å². The highest BCUT2D eigenvalue weighted by atomic mass is 35.5. The predicted molar refractivity (Wildman–Crippen MR) is 102 cm³/mol. The minimum atomic E-state index is -4.46. The number of nitrogens with one attached hydrogen (secondary N) is 1. The summed E-state index contributed by atoms with van der Waals surface area (Å²) in [5, 5.41) is 3.15. The van der Waals surface area contributed by atoms with Gasteiger partial charge in [0.15, 0.2) is 0 Å². The maximum Gasteiger partial charge on any atom is 0.417 e. The van der Waals surface area contributed by atoms with Gasteiger partial charge in [0, 0.05) is 38.4 Å². The number of aromatic nitrogens is 1. The molecule has 2 atom stereocenters. The maximum absolute atomic E-state index is 12.7. The van der Waals surface area contributed by atoms with Crippen molar-refractivity contribution in [3.8, 4) is 0 Å². The van der Waals surface area contributed by atoms with E-state index in [-0.39, 0.29) is 17.0 Å². The van der Waals surface area contributed by atoms with E-state index in [1.165, 1.54) is 6.42 Å². The Morgan fingerprint density at radius 1 is 1.25 bits per heavy atom. The first-order chi connectivity index (χ1) is 13.2. The van der Waals surface area contributed by atoms with Crippen LogP contribution in [0.15, 0.2) is 12.3 Å². The van der Waals surface area contributed by atoms with Crippen molar-refractivity contribution in [1.82, 2.24) is 15.2 Å². The van der Waals surface area contributed by atoms with Crippen molar-refractivity contribution in [3.05, 3.63) is 22.8 Å². The Balaban J connectivity index is 1.50. The number of pyridine rings is 1. The Bertz CT molecular complexity index is 692. The number of carbonyl (C=O) groups is 1. The molecule has 0 spiro atoms. The van der Waals surface area contributed by atoms with Crippen molar-refractivity contribution in [3.63, 3.8) is 0 Å². The SMILES string of the molecule is C[C@H]1CCCC[C@H]1NC(=O)CN1CCN(c2ncc(C(F)(F)F)cc2Cl)CC1. The summed E-state index contributed by atoms with van der Waals surface area (Å²) in [4.78, 5) is 20.2. The van der Waals surface area contributed by atoms with Gasteiger partial charge < -0.3 is 10.2 Å². The van der Waals surface area contributed by atoms with Crippen LogP contribution in [-0.2, 0) is 11.0 Å². The molecule has 28 heavy (non-hydrogen) atoms.